The Labute approximate surface area is 194 Å². The Balaban J connectivity index is 1.83. The van der Waals surface area contributed by atoms with E-state index in [1.54, 1.807) is 25.1 Å². The number of thioether (sulfide) groups is 1. The highest BCUT2D eigenvalue weighted by atomic mass is 32.2. The number of methoxy groups -OCH3 is 1. The SMILES string of the molecule is COc1ccc(/C=C/C(=O)c2ccc(O)cc2)cc1CSc1nc(C(F)F)cc(C)c1C#N. The second-order valence-electron chi connectivity index (χ2n) is 7.06. The molecule has 3 rings (SSSR count). The molecule has 33 heavy (non-hydrogen) atoms. The molecule has 0 aliphatic rings. The molecule has 0 bridgehead atoms. The summed E-state index contributed by atoms with van der Waals surface area (Å²) < 4.78 is 31.7. The number of phenols is 1. The Hall–Kier alpha value is -3.70. The fraction of sp³-hybridized carbons (Fsp3) is 0.160. The van der Waals surface area contributed by atoms with Gasteiger partial charge in [-0.25, -0.2) is 13.8 Å². The number of aryl methyl sites for hydroxylation is 1. The van der Waals surface area contributed by atoms with Crippen LogP contribution in [0.2, 0.25) is 0 Å². The second-order valence-corrected chi connectivity index (χ2v) is 8.03. The first-order valence-electron chi connectivity index (χ1n) is 9.83. The van der Waals surface area contributed by atoms with E-state index in [-0.39, 0.29) is 27.8 Å². The zero-order valence-corrected chi connectivity index (χ0v) is 18.7. The van der Waals surface area contributed by atoms with Crippen molar-refractivity contribution in [2.45, 2.75) is 24.1 Å². The summed E-state index contributed by atoms with van der Waals surface area (Å²) in [5, 5.41) is 19.0. The molecule has 0 aliphatic carbocycles. The lowest BCUT2D eigenvalue weighted by Crippen LogP contribution is -1.99. The molecule has 1 heterocycles. The molecule has 0 saturated heterocycles. The number of rotatable bonds is 8. The number of hydrogen-bond acceptors (Lipinski definition) is 6. The van der Waals surface area contributed by atoms with Crippen molar-refractivity contribution in [2.75, 3.05) is 7.11 Å². The van der Waals surface area contributed by atoms with Gasteiger partial charge in [0.2, 0.25) is 0 Å². The first kappa shape index (κ1) is 24.0. The minimum absolute atomic E-state index is 0.0798. The quantitative estimate of drug-likeness (QED) is 0.245. The number of aromatic nitrogens is 1. The summed E-state index contributed by atoms with van der Waals surface area (Å²) in [4.78, 5) is 16.3. The summed E-state index contributed by atoms with van der Waals surface area (Å²) in [6.07, 6.45) is 0.351. The molecule has 0 atom stereocenters. The van der Waals surface area contributed by atoms with Crippen LogP contribution >= 0.6 is 11.8 Å². The number of phenolic OH excluding ortho intramolecular Hbond substituents is 1. The van der Waals surface area contributed by atoms with Crippen LogP contribution in [0.25, 0.3) is 6.08 Å². The summed E-state index contributed by atoms with van der Waals surface area (Å²) in [6, 6.07) is 14.6. The van der Waals surface area contributed by atoms with E-state index < -0.39 is 6.43 Å². The minimum Gasteiger partial charge on any atom is -0.508 e. The highest BCUT2D eigenvalue weighted by Gasteiger charge is 2.17. The lowest BCUT2D eigenvalue weighted by atomic mass is 10.1. The van der Waals surface area contributed by atoms with E-state index in [0.717, 1.165) is 11.1 Å². The molecule has 0 spiro atoms. The smallest absolute Gasteiger partial charge is 0.280 e. The van der Waals surface area contributed by atoms with Gasteiger partial charge in [-0.3, -0.25) is 4.79 Å². The third kappa shape index (κ3) is 5.96. The van der Waals surface area contributed by atoms with Gasteiger partial charge in [0, 0.05) is 16.9 Å². The van der Waals surface area contributed by atoms with Gasteiger partial charge in [-0.05, 0) is 66.6 Å². The molecule has 8 heteroatoms. The molecule has 0 unspecified atom stereocenters. The number of aromatic hydroxyl groups is 1. The topological polar surface area (TPSA) is 83.2 Å². The molecule has 0 amide bonds. The van der Waals surface area contributed by atoms with Crippen LogP contribution in [-0.4, -0.2) is 23.0 Å². The van der Waals surface area contributed by atoms with Crippen LogP contribution in [0.3, 0.4) is 0 Å². The van der Waals surface area contributed by atoms with Crippen LogP contribution in [0, 0.1) is 18.3 Å². The number of carbonyl (C=O) groups is 1. The van der Waals surface area contributed by atoms with Crippen molar-refractivity contribution >= 4 is 23.6 Å². The van der Waals surface area contributed by atoms with Crippen molar-refractivity contribution < 1.29 is 23.4 Å². The van der Waals surface area contributed by atoms with Crippen molar-refractivity contribution in [1.82, 2.24) is 4.98 Å². The van der Waals surface area contributed by atoms with Gasteiger partial charge in [0.25, 0.3) is 6.43 Å². The van der Waals surface area contributed by atoms with E-state index in [1.165, 1.54) is 55.3 Å². The number of alkyl halides is 2. The summed E-state index contributed by atoms with van der Waals surface area (Å²) in [6.45, 7) is 1.60. The predicted molar refractivity (Wildman–Crippen MR) is 123 cm³/mol. The van der Waals surface area contributed by atoms with E-state index in [9.17, 15) is 23.9 Å². The van der Waals surface area contributed by atoms with Crippen molar-refractivity contribution in [2.24, 2.45) is 0 Å². The lowest BCUT2D eigenvalue weighted by Gasteiger charge is -2.12. The number of hydrogen-bond donors (Lipinski definition) is 1. The molecule has 0 aliphatic heterocycles. The molecule has 0 saturated carbocycles. The Bertz CT molecular complexity index is 1240. The van der Waals surface area contributed by atoms with Crippen molar-refractivity contribution in [3.8, 4) is 17.6 Å². The van der Waals surface area contributed by atoms with Gasteiger partial charge in [0.15, 0.2) is 5.78 Å². The highest BCUT2D eigenvalue weighted by Crippen LogP contribution is 2.32. The molecule has 2 aromatic carbocycles. The molecule has 0 fully saturated rings. The standard InChI is InChI=1S/C25H20F2N2O3S/c1-15-11-21(24(26)27)29-25(20(15)13-28)33-14-18-12-16(4-10-23(18)32-2)3-9-22(31)17-5-7-19(30)8-6-17/h3-12,24,30H,14H2,1-2H3/b9-3+. The first-order valence-corrected chi connectivity index (χ1v) is 10.8. The van der Waals surface area contributed by atoms with Crippen LogP contribution < -0.4 is 4.74 Å². The van der Waals surface area contributed by atoms with Gasteiger partial charge < -0.3 is 9.84 Å². The monoisotopic (exact) mass is 466 g/mol. The number of ether oxygens (including phenoxy) is 1. The number of nitriles is 1. The third-order valence-corrected chi connectivity index (χ3v) is 5.81. The average Bonchev–Trinajstić information content (AvgIpc) is 2.81. The fourth-order valence-corrected chi connectivity index (χ4v) is 4.11. The average molecular weight is 467 g/mol. The fourth-order valence-electron chi connectivity index (χ4n) is 3.08. The summed E-state index contributed by atoms with van der Waals surface area (Å²) in [7, 11) is 1.52. The Morgan fingerprint density at radius 3 is 2.61 bits per heavy atom. The van der Waals surface area contributed by atoms with Gasteiger partial charge in [-0.15, -0.1) is 11.8 Å². The van der Waals surface area contributed by atoms with Gasteiger partial charge >= 0.3 is 0 Å². The van der Waals surface area contributed by atoms with Gasteiger partial charge in [0.1, 0.15) is 28.3 Å². The zero-order chi connectivity index (χ0) is 24.0. The molecule has 1 aromatic heterocycles. The number of nitrogens with zero attached hydrogens (tertiary/aromatic N) is 2. The van der Waals surface area contributed by atoms with Gasteiger partial charge in [0.05, 0.1) is 12.7 Å². The summed E-state index contributed by atoms with van der Waals surface area (Å²) >= 11 is 1.17. The lowest BCUT2D eigenvalue weighted by molar-refractivity contribution is 0.104. The van der Waals surface area contributed by atoms with Crippen LogP contribution in [0.5, 0.6) is 11.5 Å². The van der Waals surface area contributed by atoms with Crippen LogP contribution in [0.1, 0.15) is 44.7 Å². The molecule has 0 radical (unpaired) electrons. The summed E-state index contributed by atoms with van der Waals surface area (Å²) in [5.41, 5.74) is 2.28. The summed E-state index contributed by atoms with van der Waals surface area (Å²) in [5.74, 6) is 0.773. The Morgan fingerprint density at radius 2 is 1.97 bits per heavy atom. The maximum Gasteiger partial charge on any atom is 0.280 e. The van der Waals surface area contributed by atoms with E-state index >= 15 is 0 Å². The zero-order valence-electron chi connectivity index (χ0n) is 17.9. The first-order chi connectivity index (χ1) is 15.8. The third-order valence-electron chi connectivity index (χ3n) is 4.79. The predicted octanol–water partition coefficient (Wildman–Crippen LogP) is 6.10. The van der Waals surface area contributed by atoms with Gasteiger partial charge in [-0.1, -0.05) is 12.1 Å². The van der Waals surface area contributed by atoms with Gasteiger partial charge in [-0.2, -0.15) is 5.26 Å². The number of allylic oxidation sites excluding steroid dienone is 1. The van der Waals surface area contributed by atoms with E-state index in [2.05, 4.69) is 4.98 Å². The van der Waals surface area contributed by atoms with Crippen molar-refractivity contribution in [3.63, 3.8) is 0 Å². The van der Waals surface area contributed by atoms with Crippen molar-refractivity contribution in [3.05, 3.63) is 88.1 Å². The number of carbonyl (C=O) groups excluding carboxylic acids is 1. The van der Waals surface area contributed by atoms with E-state index in [1.807, 2.05) is 12.1 Å². The number of pyridine rings is 1. The minimum atomic E-state index is -2.73. The maximum absolute atomic E-state index is 13.2. The molecule has 168 valence electrons. The number of halogens is 2. The molecule has 1 N–H and O–H groups in total. The largest absolute Gasteiger partial charge is 0.508 e. The van der Waals surface area contributed by atoms with Crippen LogP contribution in [-0.2, 0) is 5.75 Å². The normalized spacial score (nSPS) is 11.0. The maximum atomic E-state index is 13.2. The molecular formula is C25H20F2N2O3S. The van der Waals surface area contributed by atoms with Crippen LogP contribution in [0.4, 0.5) is 8.78 Å². The van der Waals surface area contributed by atoms with Crippen molar-refractivity contribution in [1.29, 1.82) is 5.26 Å². The number of benzene rings is 2. The van der Waals surface area contributed by atoms with E-state index in [4.69, 9.17) is 4.74 Å². The number of ketones is 1. The molecular weight excluding hydrogens is 446 g/mol. The second kappa shape index (κ2) is 10.7. The molecule has 3 aromatic rings. The van der Waals surface area contributed by atoms with E-state index in [0.29, 0.717) is 22.6 Å². The Kier molecular flexibility index (Phi) is 7.80. The van der Waals surface area contributed by atoms with Crippen LogP contribution in [0.15, 0.2) is 59.6 Å². The molecule has 5 nitrogen and oxygen atoms in total. The Morgan fingerprint density at radius 1 is 1.24 bits per heavy atom. The highest BCUT2D eigenvalue weighted by molar-refractivity contribution is 7.98.